The number of anilines is 1. The Bertz CT molecular complexity index is 566. The predicted molar refractivity (Wildman–Crippen MR) is 93.2 cm³/mol. The van der Waals surface area contributed by atoms with Gasteiger partial charge in [-0.2, -0.15) is 0 Å². The van der Waals surface area contributed by atoms with Crippen LogP contribution in [0.1, 0.15) is 18.1 Å². The summed E-state index contributed by atoms with van der Waals surface area (Å²) in [6.45, 7) is 5.72. The van der Waals surface area contributed by atoms with Crippen molar-refractivity contribution >= 4 is 23.0 Å². The highest BCUT2D eigenvalue weighted by molar-refractivity contribution is 7.80. The molecule has 0 heterocycles. The number of aryl methyl sites for hydroxylation is 1. The Labute approximate surface area is 132 Å². The van der Waals surface area contributed by atoms with Crippen molar-refractivity contribution in [2.45, 2.75) is 20.4 Å². The van der Waals surface area contributed by atoms with Crippen LogP contribution in [0.2, 0.25) is 0 Å². The Kier molecular flexibility index (Phi) is 5.58. The van der Waals surface area contributed by atoms with Crippen LogP contribution in [0, 0.1) is 6.92 Å². The van der Waals surface area contributed by atoms with E-state index in [0.717, 1.165) is 18.8 Å². The molecule has 0 unspecified atom stereocenters. The number of benzene rings is 2. The Hall–Kier alpha value is -2.07. The van der Waals surface area contributed by atoms with Gasteiger partial charge < -0.3 is 5.32 Å². The topological polar surface area (TPSA) is 27.3 Å². The second kappa shape index (κ2) is 7.64. The Morgan fingerprint density at radius 3 is 2.33 bits per heavy atom. The maximum atomic E-state index is 5.36. The summed E-state index contributed by atoms with van der Waals surface area (Å²) < 4.78 is 0. The lowest BCUT2D eigenvalue weighted by molar-refractivity contribution is 0.763. The molecule has 110 valence electrons. The summed E-state index contributed by atoms with van der Waals surface area (Å²) in [5.74, 6) is 0. The first-order valence-corrected chi connectivity index (χ1v) is 7.52. The van der Waals surface area contributed by atoms with Crippen molar-refractivity contribution in [1.29, 1.82) is 0 Å². The molecule has 0 saturated carbocycles. The molecule has 0 aliphatic carbocycles. The molecule has 2 aromatic rings. The average molecular weight is 299 g/mol. The lowest BCUT2D eigenvalue weighted by Gasteiger charge is -2.25. The summed E-state index contributed by atoms with van der Waals surface area (Å²) in [5.41, 5.74) is 6.79. The SMILES string of the molecule is CCN(NC(=S)NCc1ccccc1)c1ccc(C)cc1. The van der Waals surface area contributed by atoms with Crippen LogP contribution in [-0.2, 0) is 6.54 Å². The number of thiocarbonyl (C=S) groups is 1. The Morgan fingerprint density at radius 1 is 1.05 bits per heavy atom. The van der Waals surface area contributed by atoms with Crippen molar-refractivity contribution in [2.75, 3.05) is 11.6 Å². The van der Waals surface area contributed by atoms with Crippen molar-refractivity contribution in [1.82, 2.24) is 10.7 Å². The van der Waals surface area contributed by atoms with Gasteiger partial charge in [0.05, 0.1) is 5.69 Å². The molecule has 0 fully saturated rings. The molecule has 0 radical (unpaired) electrons. The fourth-order valence-corrected chi connectivity index (χ4v) is 2.17. The van der Waals surface area contributed by atoms with E-state index in [1.165, 1.54) is 11.1 Å². The third-order valence-electron chi connectivity index (χ3n) is 3.19. The third-order valence-corrected chi connectivity index (χ3v) is 3.43. The highest BCUT2D eigenvalue weighted by Crippen LogP contribution is 2.12. The zero-order valence-corrected chi connectivity index (χ0v) is 13.3. The molecule has 0 aliphatic rings. The van der Waals surface area contributed by atoms with Crippen molar-refractivity contribution in [3.63, 3.8) is 0 Å². The Balaban J connectivity index is 1.89. The number of hydrogen-bond donors (Lipinski definition) is 2. The van der Waals surface area contributed by atoms with Crippen molar-refractivity contribution < 1.29 is 0 Å². The molecular formula is C17H21N3S. The maximum Gasteiger partial charge on any atom is 0.185 e. The van der Waals surface area contributed by atoms with Gasteiger partial charge in [0.1, 0.15) is 0 Å². The summed E-state index contributed by atoms with van der Waals surface area (Å²) in [6, 6.07) is 18.6. The van der Waals surface area contributed by atoms with Crippen LogP contribution in [-0.4, -0.2) is 11.7 Å². The molecule has 2 aromatic carbocycles. The summed E-state index contributed by atoms with van der Waals surface area (Å²) in [5, 5.41) is 5.88. The summed E-state index contributed by atoms with van der Waals surface area (Å²) in [7, 11) is 0. The average Bonchev–Trinajstić information content (AvgIpc) is 2.52. The summed E-state index contributed by atoms with van der Waals surface area (Å²) in [4.78, 5) is 0. The first-order chi connectivity index (χ1) is 10.2. The van der Waals surface area contributed by atoms with Crippen LogP contribution in [0.4, 0.5) is 5.69 Å². The van der Waals surface area contributed by atoms with Gasteiger partial charge in [0.25, 0.3) is 0 Å². The van der Waals surface area contributed by atoms with Gasteiger partial charge in [0.2, 0.25) is 0 Å². The first kappa shape index (κ1) is 15.3. The monoisotopic (exact) mass is 299 g/mol. The van der Waals surface area contributed by atoms with E-state index in [2.05, 4.69) is 61.0 Å². The van der Waals surface area contributed by atoms with Gasteiger partial charge in [-0.1, -0.05) is 48.0 Å². The molecule has 0 atom stereocenters. The van der Waals surface area contributed by atoms with Crippen LogP contribution in [0.25, 0.3) is 0 Å². The number of hydrazine groups is 1. The zero-order valence-electron chi connectivity index (χ0n) is 12.5. The molecular weight excluding hydrogens is 278 g/mol. The largest absolute Gasteiger partial charge is 0.357 e. The van der Waals surface area contributed by atoms with Gasteiger partial charge >= 0.3 is 0 Å². The molecule has 0 aromatic heterocycles. The van der Waals surface area contributed by atoms with Crippen LogP contribution in [0.3, 0.4) is 0 Å². The molecule has 0 amide bonds. The van der Waals surface area contributed by atoms with Gasteiger partial charge in [-0.15, -0.1) is 0 Å². The molecule has 4 heteroatoms. The maximum absolute atomic E-state index is 5.36. The number of nitrogens with zero attached hydrogens (tertiary/aromatic N) is 1. The van der Waals surface area contributed by atoms with E-state index in [1.807, 2.05) is 23.2 Å². The highest BCUT2D eigenvalue weighted by atomic mass is 32.1. The fourth-order valence-electron chi connectivity index (χ4n) is 1.99. The van der Waals surface area contributed by atoms with Crippen molar-refractivity contribution in [2.24, 2.45) is 0 Å². The molecule has 0 aliphatic heterocycles. The van der Waals surface area contributed by atoms with E-state index < -0.39 is 0 Å². The number of hydrogen-bond acceptors (Lipinski definition) is 2. The number of nitrogens with one attached hydrogen (secondary N) is 2. The van der Waals surface area contributed by atoms with Crippen LogP contribution in [0.5, 0.6) is 0 Å². The molecule has 2 N–H and O–H groups in total. The molecule has 0 bridgehead atoms. The quantitative estimate of drug-likeness (QED) is 0.653. The van der Waals surface area contributed by atoms with E-state index in [9.17, 15) is 0 Å². The summed E-state index contributed by atoms with van der Waals surface area (Å²) in [6.07, 6.45) is 0. The lowest BCUT2D eigenvalue weighted by atomic mass is 10.2. The van der Waals surface area contributed by atoms with E-state index in [1.54, 1.807) is 0 Å². The lowest BCUT2D eigenvalue weighted by Crippen LogP contribution is -2.47. The van der Waals surface area contributed by atoms with Gasteiger partial charge in [-0.3, -0.25) is 10.4 Å². The van der Waals surface area contributed by atoms with Crippen LogP contribution < -0.4 is 15.8 Å². The van der Waals surface area contributed by atoms with Gasteiger partial charge in [0, 0.05) is 13.1 Å². The van der Waals surface area contributed by atoms with E-state index in [0.29, 0.717) is 5.11 Å². The highest BCUT2D eigenvalue weighted by Gasteiger charge is 2.05. The molecule has 0 saturated heterocycles. The molecule has 2 rings (SSSR count). The third kappa shape index (κ3) is 4.76. The van der Waals surface area contributed by atoms with Crippen LogP contribution in [0.15, 0.2) is 54.6 Å². The van der Waals surface area contributed by atoms with Gasteiger partial charge in [0.15, 0.2) is 5.11 Å². The minimum absolute atomic E-state index is 0.626. The first-order valence-electron chi connectivity index (χ1n) is 7.11. The molecule has 3 nitrogen and oxygen atoms in total. The standard InChI is InChI=1S/C17H21N3S/c1-3-20(16-11-9-14(2)10-12-16)19-17(21)18-13-15-7-5-4-6-8-15/h4-12H,3,13H2,1-2H3,(H2,18,19,21). The van der Waals surface area contributed by atoms with E-state index >= 15 is 0 Å². The second-order valence-corrected chi connectivity index (χ2v) is 5.27. The van der Waals surface area contributed by atoms with Crippen LogP contribution >= 0.6 is 12.2 Å². The van der Waals surface area contributed by atoms with E-state index in [-0.39, 0.29) is 0 Å². The van der Waals surface area contributed by atoms with Crippen molar-refractivity contribution in [3.05, 3.63) is 65.7 Å². The normalized spacial score (nSPS) is 10.0. The predicted octanol–water partition coefficient (Wildman–Crippen LogP) is 3.40. The van der Waals surface area contributed by atoms with Gasteiger partial charge in [-0.25, -0.2) is 0 Å². The molecule has 21 heavy (non-hydrogen) atoms. The van der Waals surface area contributed by atoms with E-state index in [4.69, 9.17) is 12.2 Å². The summed E-state index contributed by atoms with van der Waals surface area (Å²) >= 11 is 5.36. The minimum atomic E-state index is 0.626. The smallest absolute Gasteiger partial charge is 0.185 e. The van der Waals surface area contributed by atoms with Crippen molar-refractivity contribution in [3.8, 4) is 0 Å². The van der Waals surface area contributed by atoms with Gasteiger partial charge in [-0.05, 0) is 43.8 Å². The number of rotatable bonds is 5. The zero-order chi connectivity index (χ0) is 15.1. The fraction of sp³-hybridized carbons (Fsp3) is 0.235. The molecule has 0 spiro atoms. The minimum Gasteiger partial charge on any atom is -0.357 e. The Morgan fingerprint density at radius 2 is 1.71 bits per heavy atom. The second-order valence-electron chi connectivity index (χ2n) is 4.86.